The molecule has 1 rings (SSSR count). The Morgan fingerprint density at radius 2 is 2.00 bits per heavy atom. The van der Waals surface area contributed by atoms with Gasteiger partial charge in [-0.2, -0.15) is 0 Å². The van der Waals surface area contributed by atoms with Gasteiger partial charge in [0.25, 0.3) is 0 Å². The molecule has 0 amide bonds. The van der Waals surface area contributed by atoms with Crippen molar-refractivity contribution in [1.29, 1.82) is 0 Å². The summed E-state index contributed by atoms with van der Waals surface area (Å²) in [6, 6.07) is 0.511. The molecule has 1 fully saturated rings. The van der Waals surface area contributed by atoms with E-state index in [0.29, 0.717) is 24.8 Å². The lowest BCUT2D eigenvalue weighted by Crippen LogP contribution is -2.38. The quantitative estimate of drug-likeness (QED) is 0.560. The van der Waals surface area contributed by atoms with E-state index in [-0.39, 0.29) is 5.97 Å². The molecule has 0 aromatic carbocycles. The van der Waals surface area contributed by atoms with Gasteiger partial charge in [-0.15, -0.1) is 0 Å². The van der Waals surface area contributed by atoms with Gasteiger partial charge in [-0.3, -0.25) is 0 Å². The third kappa shape index (κ3) is 4.81. The van der Waals surface area contributed by atoms with Gasteiger partial charge in [-0.25, -0.2) is 4.79 Å². The zero-order chi connectivity index (χ0) is 13.4. The lowest BCUT2D eigenvalue weighted by atomic mass is 9.83. The van der Waals surface area contributed by atoms with Crippen LogP contribution in [0.3, 0.4) is 0 Å². The number of rotatable bonds is 7. The van der Waals surface area contributed by atoms with Gasteiger partial charge in [0, 0.05) is 18.2 Å². The van der Waals surface area contributed by atoms with E-state index in [2.05, 4.69) is 18.8 Å². The molecule has 1 atom stereocenters. The summed E-state index contributed by atoms with van der Waals surface area (Å²) in [5.74, 6) is 0.488. The van der Waals surface area contributed by atoms with E-state index in [1.807, 2.05) is 6.92 Å². The van der Waals surface area contributed by atoms with Crippen molar-refractivity contribution in [3.05, 3.63) is 12.2 Å². The average molecular weight is 253 g/mol. The highest BCUT2D eigenvalue weighted by Gasteiger charge is 2.22. The fourth-order valence-corrected chi connectivity index (χ4v) is 2.74. The molecule has 0 radical (unpaired) electrons. The van der Waals surface area contributed by atoms with E-state index in [9.17, 15) is 4.79 Å². The smallest absolute Gasteiger partial charge is 0.334 e. The minimum Gasteiger partial charge on any atom is -0.463 e. The van der Waals surface area contributed by atoms with Crippen LogP contribution < -0.4 is 5.32 Å². The maximum Gasteiger partial charge on any atom is 0.334 e. The summed E-state index contributed by atoms with van der Waals surface area (Å²) in [6.45, 7) is 8.77. The van der Waals surface area contributed by atoms with E-state index in [0.717, 1.165) is 12.3 Å². The summed E-state index contributed by atoms with van der Waals surface area (Å²) in [7, 11) is 0. The van der Waals surface area contributed by atoms with Crippen LogP contribution in [0.4, 0.5) is 0 Å². The van der Waals surface area contributed by atoms with E-state index < -0.39 is 0 Å². The predicted octanol–water partition coefficient (Wildman–Crippen LogP) is 3.05. The van der Waals surface area contributed by atoms with E-state index in [1.165, 1.54) is 32.1 Å². The Bertz CT molecular complexity index is 270. The Morgan fingerprint density at radius 3 is 2.56 bits per heavy atom. The van der Waals surface area contributed by atoms with Gasteiger partial charge in [0.15, 0.2) is 0 Å². The average Bonchev–Trinajstić information content (AvgIpc) is 2.40. The Kier molecular flexibility index (Phi) is 7.02. The number of ether oxygens (including phenoxy) is 1. The zero-order valence-corrected chi connectivity index (χ0v) is 11.8. The third-order valence-corrected chi connectivity index (χ3v) is 3.80. The van der Waals surface area contributed by atoms with Crippen molar-refractivity contribution in [3.63, 3.8) is 0 Å². The molecule has 3 nitrogen and oxygen atoms in total. The molecule has 0 spiro atoms. The maximum absolute atomic E-state index is 11.5. The normalized spacial score (nSPS) is 18.3. The van der Waals surface area contributed by atoms with Gasteiger partial charge in [0.1, 0.15) is 0 Å². The number of hydrogen-bond acceptors (Lipinski definition) is 3. The first-order valence-electron chi connectivity index (χ1n) is 7.27. The molecule has 18 heavy (non-hydrogen) atoms. The van der Waals surface area contributed by atoms with Gasteiger partial charge in [-0.05, 0) is 32.1 Å². The molecule has 0 aromatic rings. The maximum atomic E-state index is 11.5. The van der Waals surface area contributed by atoms with Crippen molar-refractivity contribution in [2.75, 3.05) is 13.2 Å². The SMILES string of the molecule is C=C(CNC(CC)C1CCCCC1)C(=O)OCC. The van der Waals surface area contributed by atoms with Crippen molar-refractivity contribution < 1.29 is 9.53 Å². The number of carbonyl (C=O) groups is 1. The molecular formula is C15H27NO2. The standard InChI is InChI=1S/C15H27NO2/c1-4-14(13-9-7-6-8-10-13)16-11-12(3)15(17)18-5-2/h13-14,16H,3-11H2,1-2H3. The Balaban J connectivity index is 2.34. The van der Waals surface area contributed by atoms with Crippen LogP contribution in [0.15, 0.2) is 12.2 Å². The molecule has 1 aliphatic rings. The third-order valence-electron chi connectivity index (χ3n) is 3.80. The van der Waals surface area contributed by atoms with Gasteiger partial charge < -0.3 is 10.1 Å². The molecule has 1 saturated carbocycles. The number of hydrogen-bond donors (Lipinski definition) is 1. The molecule has 1 unspecified atom stereocenters. The zero-order valence-electron chi connectivity index (χ0n) is 11.8. The molecule has 104 valence electrons. The first-order valence-corrected chi connectivity index (χ1v) is 7.27. The number of nitrogens with one attached hydrogen (secondary N) is 1. The van der Waals surface area contributed by atoms with Gasteiger partial charge in [0.2, 0.25) is 0 Å². The second-order valence-corrected chi connectivity index (χ2v) is 5.12. The van der Waals surface area contributed by atoms with Crippen molar-refractivity contribution in [2.45, 2.75) is 58.4 Å². The van der Waals surface area contributed by atoms with Gasteiger partial charge in [0.05, 0.1) is 6.61 Å². The molecule has 1 aliphatic carbocycles. The molecule has 1 N–H and O–H groups in total. The summed E-state index contributed by atoms with van der Waals surface area (Å²) in [4.78, 5) is 11.5. The highest BCUT2D eigenvalue weighted by atomic mass is 16.5. The van der Waals surface area contributed by atoms with Crippen LogP contribution in [-0.4, -0.2) is 25.2 Å². The van der Waals surface area contributed by atoms with Crippen LogP contribution in [0, 0.1) is 5.92 Å². The number of carbonyl (C=O) groups excluding carboxylic acids is 1. The Morgan fingerprint density at radius 1 is 1.33 bits per heavy atom. The highest BCUT2D eigenvalue weighted by molar-refractivity contribution is 5.88. The van der Waals surface area contributed by atoms with E-state index >= 15 is 0 Å². The lowest BCUT2D eigenvalue weighted by Gasteiger charge is -2.30. The summed E-state index contributed by atoms with van der Waals surface area (Å²) < 4.78 is 4.94. The predicted molar refractivity (Wildman–Crippen MR) is 74.4 cm³/mol. The molecule has 0 bridgehead atoms. The first-order chi connectivity index (χ1) is 8.69. The Labute approximate surface area is 111 Å². The largest absolute Gasteiger partial charge is 0.463 e. The molecule has 0 saturated heterocycles. The highest BCUT2D eigenvalue weighted by Crippen LogP contribution is 2.27. The van der Waals surface area contributed by atoms with Crippen LogP contribution in [0.1, 0.15) is 52.4 Å². The monoisotopic (exact) mass is 253 g/mol. The summed E-state index contributed by atoms with van der Waals surface area (Å²) >= 11 is 0. The fraction of sp³-hybridized carbons (Fsp3) is 0.800. The molecular weight excluding hydrogens is 226 g/mol. The lowest BCUT2D eigenvalue weighted by molar-refractivity contribution is -0.138. The van der Waals surface area contributed by atoms with E-state index in [4.69, 9.17) is 4.74 Å². The van der Waals surface area contributed by atoms with Gasteiger partial charge >= 0.3 is 5.97 Å². The second kappa shape index (κ2) is 8.30. The molecule has 0 aliphatic heterocycles. The molecule has 3 heteroatoms. The molecule has 0 heterocycles. The van der Waals surface area contributed by atoms with Crippen LogP contribution in [-0.2, 0) is 9.53 Å². The minimum absolute atomic E-state index is 0.275. The minimum atomic E-state index is -0.275. The van der Waals surface area contributed by atoms with Gasteiger partial charge in [-0.1, -0.05) is 32.8 Å². The van der Waals surface area contributed by atoms with Crippen molar-refractivity contribution in [3.8, 4) is 0 Å². The fourth-order valence-electron chi connectivity index (χ4n) is 2.74. The van der Waals surface area contributed by atoms with Crippen LogP contribution in [0.2, 0.25) is 0 Å². The first kappa shape index (κ1) is 15.2. The van der Waals surface area contributed by atoms with Crippen LogP contribution >= 0.6 is 0 Å². The molecule has 0 aromatic heterocycles. The van der Waals surface area contributed by atoms with Crippen molar-refractivity contribution in [2.24, 2.45) is 5.92 Å². The van der Waals surface area contributed by atoms with Crippen molar-refractivity contribution >= 4 is 5.97 Å². The Hall–Kier alpha value is -0.830. The summed E-state index contributed by atoms with van der Waals surface area (Å²) in [5, 5.41) is 3.48. The summed E-state index contributed by atoms with van der Waals surface area (Å²) in [5.41, 5.74) is 0.533. The number of esters is 1. The van der Waals surface area contributed by atoms with Crippen LogP contribution in [0.25, 0.3) is 0 Å². The van der Waals surface area contributed by atoms with Crippen molar-refractivity contribution in [1.82, 2.24) is 5.32 Å². The second-order valence-electron chi connectivity index (χ2n) is 5.12. The van der Waals surface area contributed by atoms with E-state index in [1.54, 1.807) is 0 Å². The summed E-state index contributed by atoms with van der Waals surface area (Å²) in [6.07, 6.45) is 7.82. The topological polar surface area (TPSA) is 38.3 Å². The van der Waals surface area contributed by atoms with Crippen LogP contribution in [0.5, 0.6) is 0 Å².